The summed E-state index contributed by atoms with van der Waals surface area (Å²) < 4.78 is 16.6. The van der Waals surface area contributed by atoms with Crippen molar-refractivity contribution in [2.75, 3.05) is 33.4 Å². The first-order valence-corrected chi connectivity index (χ1v) is 8.30. The lowest BCUT2D eigenvalue weighted by molar-refractivity contribution is 0.0284. The average Bonchev–Trinajstić information content (AvgIpc) is 3.05. The largest absolute Gasteiger partial charge is 0.493 e. The Morgan fingerprint density at radius 1 is 1.33 bits per heavy atom. The Balaban J connectivity index is 1.95. The van der Waals surface area contributed by atoms with Crippen LogP contribution in [0.15, 0.2) is 22.6 Å². The van der Waals surface area contributed by atoms with E-state index >= 15 is 0 Å². The zero-order valence-corrected chi connectivity index (χ0v) is 14.4. The third-order valence-electron chi connectivity index (χ3n) is 4.17. The Morgan fingerprint density at radius 3 is 2.75 bits per heavy atom. The molecule has 0 unspecified atom stereocenters. The summed E-state index contributed by atoms with van der Waals surface area (Å²) in [7, 11) is 1.60. The van der Waals surface area contributed by atoms with Gasteiger partial charge in [0.25, 0.3) is 5.91 Å². The first-order chi connectivity index (χ1) is 11.6. The molecule has 1 aliphatic rings. The molecule has 6 nitrogen and oxygen atoms in total. The SMILES string of the molecule is COc1ccc(CNC(C)C)c2cc(C(=O)N3CCOCC3)oc12. The van der Waals surface area contributed by atoms with E-state index < -0.39 is 0 Å². The highest BCUT2D eigenvalue weighted by atomic mass is 16.5. The van der Waals surface area contributed by atoms with Crippen molar-refractivity contribution in [2.45, 2.75) is 26.4 Å². The van der Waals surface area contributed by atoms with Crippen molar-refractivity contribution in [3.05, 3.63) is 29.5 Å². The maximum atomic E-state index is 12.7. The smallest absolute Gasteiger partial charge is 0.289 e. The van der Waals surface area contributed by atoms with E-state index in [1.807, 2.05) is 18.2 Å². The maximum Gasteiger partial charge on any atom is 0.289 e. The highest BCUT2D eigenvalue weighted by molar-refractivity contribution is 5.98. The van der Waals surface area contributed by atoms with Gasteiger partial charge < -0.3 is 24.1 Å². The lowest BCUT2D eigenvalue weighted by Crippen LogP contribution is -2.40. The van der Waals surface area contributed by atoms with E-state index in [2.05, 4.69) is 19.2 Å². The number of methoxy groups -OCH3 is 1. The molecule has 1 aromatic carbocycles. The van der Waals surface area contributed by atoms with Crippen LogP contribution >= 0.6 is 0 Å². The summed E-state index contributed by atoms with van der Waals surface area (Å²) >= 11 is 0. The Morgan fingerprint density at radius 2 is 2.08 bits per heavy atom. The molecule has 1 saturated heterocycles. The molecule has 24 heavy (non-hydrogen) atoms. The van der Waals surface area contributed by atoms with Crippen molar-refractivity contribution in [2.24, 2.45) is 0 Å². The van der Waals surface area contributed by atoms with Crippen LogP contribution in [-0.4, -0.2) is 50.3 Å². The predicted octanol–water partition coefficient (Wildman–Crippen LogP) is 2.41. The number of carbonyl (C=O) groups is 1. The van der Waals surface area contributed by atoms with Gasteiger partial charge in [-0.1, -0.05) is 19.9 Å². The Labute approximate surface area is 141 Å². The molecular formula is C18H24N2O4. The number of morpholine rings is 1. The van der Waals surface area contributed by atoms with E-state index in [1.165, 1.54) is 0 Å². The van der Waals surface area contributed by atoms with Gasteiger partial charge in [0.1, 0.15) is 0 Å². The summed E-state index contributed by atoms with van der Waals surface area (Å²) in [6, 6.07) is 6.09. The van der Waals surface area contributed by atoms with Gasteiger partial charge in [-0.05, 0) is 17.7 Å². The van der Waals surface area contributed by atoms with Crippen molar-refractivity contribution < 1.29 is 18.7 Å². The van der Waals surface area contributed by atoms with Gasteiger partial charge in [-0.3, -0.25) is 4.79 Å². The summed E-state index contributed by atoms with van der Waals surface area (Å²) in [5.41, 5.74) is 1.71. The van der Waals surface area contributed by atoms with Crippen molar-refractivity contribution in [1.82, 2.24) is 10.2 Å². The normalized spacial score (nSPS) is 15.2. The quantitative estimate of drug-likeness (QED) is 0.911. The zero-order chi connectivity index (χ0) is 17.1. The Hall–Kier alpha value is -2.05. The third kappa shape index (κ3) is 3.39. The van der Waals surface area contributed by atoms with E-state index in [-0.39, 0.29) is 5.91 Å². The topological polar surface area (TPSA) is 63.9 Å². The molecule has 2 heterocycles. The second-order valence-corrected chi connectivity index (χ2v) is 6.22. The van der Waals surface area contributed by atoms with Crippen molar-refractivity contribution in [1.29, 1.82) is 0 Å². The molecule has 130 valence electrons. The summed E-state index contributed by atoms with van der Waals surface area (Å²) in [5, 5.41) is 4.31. The zero-order valence-electron chi connectivity index (χ0n) is 14.4. The van der Waals surface area contributed by atoms with Gasteiger partial charge in [-0.25, -0.2) is 0 Å². The Kier molecular flexibility index (Phi) is 5.06. The monoisotopic (exact) mass is 332 g/mol. The standard InChI is InChI=1S/C18H24N2O4/c1-12(2)19-11-13-4-5-15(22-3)17-14(13)10-16(24-17)18(21)20-6-8-23-9-7-20/h4-5,10,12,19H,6-9,11H2,1-3H3. The number of hydrogen-bond acceptors (Lipinski definition) is 5. The highest BCUT2D eigenvalue weighted by Crippen LogP contribution is 2.32. The summed E-state index contributed by atoms with van der Waals surface area (Å²) in [6.07, 6.45) is 0. The average molecular weight is 332 g/mol. The predicted molar refractivity (Wildman–Crippen MR) is 91.5 cm³/mol. The van der Waals surface area contributed by atoms with Crippen LogP contribution in [0.3, 0.4) is 0 Å². The first-order valence-electron chi connectivity index (χ1n) is 8.30. The first kappa shape index (κ1) is 16.8. The minimum atomic E-state index is -0.0979. The number of benzene rings is 1. The molecule has 0 radical (unpaired) electrons. The van der Waals surface area contributed by atoms with Gasteiger partial charge in [-0.15, -0.1) is 0 Å². The molecule has 0 spiro atoms. The van der Waals surface area contributed by atoms with Crippen LogP contribution in [0.4, 0.5) is 0 Å². The number of fused-ring (bicyclic) bond motifs is 1. The molecule has 3 rings (SSSR count). The summed E-state index contributed by atoms with van der Waals surface area (Å²) in [4.78, 5) is 14.4. The minimum absolute atomic E-state index is 0.0979. The number of amides is 1. The molecule has 1 N–H and O–H groups in total. The van der Waals surface area contributed by atoms with E-state index in [1.54, 1.807) is 12.0 Å². The fraction of sp³-hybridized carbons (Fsp3) is 0.500. The molecule has 1 aromatic heterocycles. The Bertz CT molecular complexity index is 717. The number of ether oxygens (including phenoxy) is 2. The number of nitrogens with one attached hydrogen (secondary N) is 1. The fourth-order valence-electron chi connectivity index (χ4n) is 2.81. The number of furan rings is 1. The second kappa shape index (κ2) is 7.23. The summed E-state index contributed by atoms with van der Waals surface area (Å²) in [5.74, 6) is 0.890. The second-order valence-electron chi connectivity index (χ2n) is 6.22. The molecule has 2 aromatic rings. The van der Waals surface area contributed by atoms with Crippen LogP contribution < -0.4 is 10.1 Å². The van der Waals surface area contributed by atoms with Crippen LogP contribution in [0.25, 0.3) is 11.0 Å². The molecule has 0 atom stereocenters. The molecule has 1 fully saturated rings. The van der Waals surface area contributed by atoms with Crippen molar-refractivity contribution in [3.8, 4) is 5.75 Å². The number of nitrogens with zero attached hydrogens (tertiary/aromatic N) is 1. The van der Waals surface area contributed by atoms with Crippen LogP contribution in [0.5, 0.6) is 5.75 Å². The third-order valence-corrected chi connectivity index (χ3v) is 4.17. The van der Waals surface area contributed by atoms with Crippen LogP contribution in [0.1, 0.15) is 30.0 Å². The van der Waals surface area contributed by atoms with Gasteiger partial charge in [0.05, 0.1) is 20.3 Å². The number of hydrogen-bond donors (Lipinski definition) is 1. The van der Waals surface area contributed by atoms with Gasteiger partial charge in [0.15, 0.2) is 17.1 Å². The van der Waals surface area contributed by atoms with Crippen molar-refractivity contribution in [3.63, 3.8) is 0 Å². The van der Waals surface area contributed by atoms with Gasteiger partial charge in [0.2, 0.25) is 0 Å². The molecule has 6 heteroatoms. The minimum Gasteiger partial charge on any atom is -0.493 e. The van der Waals surface area contributed by atoms with E-state index in [0.717, 1.165) is 10.9 Å². The molecular weight excluding hydrogens is 308 g/mol. The van der Waals surface area contributed by atoms with E-state index in [0.29, 0.717) is 56.0 Å². The van der Waals surface area contributed by atoms with Gasteiger partial charge in [0, 0.05) is 31.1 Å². The van der Waals surface area contributed by atoms with Crippen LogP contribution in [0, 0.1) is 0 Å². The number of rotatable bonds is 5. The molecule has 0 saturated carbocycles. The van der Waals surface area contributed by atoms with Gasteiger partial charge in [-0.2, -0.15) is 0 Å². The molecule has 1 aliphatic heterocycles. The number of carbonyl (C=O) groups excluding carboxylic acids is 1. The molecule has 0 bridgehead atoms. The fourth-order valence-corrected chi connectivity index (χ4v) is 2.81. The van der Waals surface area contributed by atoms with Crippen molar-refractivity contribution >= 4 is 16.9 Å². The molecule has 1 amide bonds. The lowest BCUT2D eigenvalue weighted by Gasteiger charge is -2.25. The van der Waals surface area contributed by atoms with E-state index in [4.69, 9.17) is 13.9 Å². The summed E-state index contributed by atoms with van der Waals surface area (Å²) in [6.45, 7) is 7.23. The maximum absolute atomic E-state index is 12.7. The van der Waals surface area contributed by atoms with Crippen LogP contribution in [-0.2, 0) is 11.3 Å². The van der Waals surface area contributed by atoms with E-state index in [9.17, 15) is 4.79 Å². The highest BCUT2D eigenvalue weighted by Gasteiger charge is 2.23. The van der Waals surface area contributed by atoms with Gasteiger partial charge >= 0.3 is 0 Å². The van der Waals surface area contributed by atoms with Crippen LogP contribution in [0.2, 0.25) is 0 Å². The lowest BCUT2D eigenvalue weighted by atomic mass is 10.1. The molecule has 0 aliphatic carbocycles.